The van der Waals surface area contributed by atoms with Crippen LogP contribution >= 0.6 is 0 Å². The van der Waals surface area contributed by atoms with Crippen molar-refractivity contribution < 1.29 is 49.2 Å². The van der Waals surface area contributed by atoms with Crippen LogP contribution in [0.15, 0.2) is 24.3 Å². The minimum atomic E-state index is -1.48. The molecule has 14 nitrogen and oxygen atoms in total. The summed E-state index contributed by atoms with van der Waals surface area (Å²) in [7, 11) is 0. The van der Waals surface area contributed by atoms with Crippen molar-refractivity contribution in [3.63, 3.8) is 0 Å². The van der Waals surface area contributed by atoms with Crippen molar-refractivity contribution in [1.82, 2.24) is 16.0 Å². The van der Waals surface area contributed by atoms with E-state index in [-0.39, 0.29) is 18.6 Å². The van der Waals surface area contributed by atoms with Gasteiger partial charge in [0.2, 0.25) is 17.7 Å². The number of carboxylic acid groups (broad SMARTS) is 3. The van der Waals surface area contributed by atoms with Crippen molar-refractivity contribution in [2.45, 2.75) is 70.1 Å². The van der Waals surface area contributed by atoms with Gasteiger partial charge in [0.05, 0.1) is 6.04 Å². The van der Waals surface area contributed by atoms with Gasteiger partial charge in [0.25, 0.3) is 0 Å². The van der Waals surface area contributed by atoms with Gasteiger partial charge in [-0.25, -0.2) is 4.79 Å². The number of hydrogen-bond donors (Lipinski definition) is 8. The number of aliphatic carboxylic acids is 3. The maximum atomic E-state index is 13.0. The Morgan fingerprint density at radius 1 is 0.763 bits per heavy atom. The molecule has 4 atom stereocenters. The summed E-state index contributed by atoms with van der Waals surface area (Å²) in [4.78, 5) is 72.0. The molecule has 0 aliphatic carbocycles. The molecule has 0 bridgehead atoms. The molecule has 0 aliphatic heterocycles. The topological polar surface area (TPSA) is 245 Å². The summed E-state index contributed by atoms with van der Waals surface area (Å²) >= 11 is 0. The van der Waals surface area contributed by atoms with Gasteiger partial charge in [-0.05, 0) is 42.9 Å². The number of phenols is 1. The lowest BCUT2D eigenvalue weighted by atomic mass is 10.0. The van der Waals surface area contributed by atoms with Gasteiger partial charge in [-0.1, -0.05) is 26.0 Å². The van der Waals surface area contributed by atoms with Crippen LogP contribution in [0, 0.1) is 5.92 Å². The molecule has 0 aliphatic rings. The Balaban J connectivity index is 3.03. The van der Waals surface area contributed by atoms with Crippen molar-refractivity contribution in [3.8, 4) is 5.75 Å². The number of aromatic hydroxyl groups is 1. The molecule has 38 heavy (non-hydrogen) atoms. The first-order chi connectivity index (χ1) is 17.7. The highest BCUT2D eigenvalue weighted by Gasteiger charge is 2.31. The molecular formula is C24H34N4O10. The zero-order valence-electron chi connectivity index (χ0n) is 21.0. The third kappa shape index (κ3) is 11.2. The number of carboxylic acids is 3. The summed E-state index contributed by atoms with van der Waals surface area (Å²) in [5.74, 6) is -7.08. The van der Waals surface area contributed by atoms with Crippen LogP contribution in [0.2, 0.25) is 0 Å². The van der Waals surface area contributed by atoms with E-state index in [1.54, 1.807) is 26.0 Å². The number of phenolic OH excluding ortho intramolecular Hbond substituents is 1. The van der Waals surface area contributed by atoms with Crippen LogP contribution in [0.25, 0.3) is 0 Å². The van der Waals surface area contributed by atoms with E-state index in [4.69, 9.17) is 15.9 Å². The average Bonchev–Trinajstić information content (AvgIpc) is 2.82. The number of benzene rings is 1. The van der Waals surface area contributed by atoms with Crippen LogP contribution in [0.1, 0.15) is 45.1 Å². The van der Waals surface area contributed by atoms with Gasteiger partial charge in [0.1, 0.15) is 23.9 Å². The van der Waals surface area contributed by atoms with E-state index in [2.05, 4.69) is 16.0 Å². The third-order valence-corrected chi connectivity index (χ3v) is 5.52. The van der Waals surface area contributed by atoms with Crippen molar-refractivity contribution >= 4 is 35.6 Å². The van der Waals surface area contributed by atoms with Crippen molar-refractivity contribution in [2.75, 3.05) is 0 Å². The zero-order chi connectivity index (χ0) is 29.0. The summed E-state index contributed by atoms with van der Waals surface area (Å²) in [5.41, 5.74) is 6.54. The molecule has 0 fully saturated rings. The monoisotopic (exact) mass is 538 g/mol. The Morgan fingerprint density at radius 3 is 1.63 bits per heavy atom. The first kappa shape index (κ1) is 31.8. The van der Waals surface area contributed by atoms with E-state index in [0.29, 0.717) is 5.56 Å². The Labute approximate surface area is 218 Å². The van der Waals surface area contributed by atoms with Crippen LogP contribution in [-0.4, -0.2) is 80.2 Å². The highest BCUT2D eigenvalue weighted by atomic mass is 16.4. The number of amides is 3. The minimum absolute atomic E-state index is 0.0155. The van der Waals surface area contributed by atoms with Gasteiger partial charge in [-0.15, -0.1) is 0 Å². The molecule has 3 amide bonds. The molecule has 1 rings (SSSR count). The second kappa shape index (κ2) is 15.1. The van der Waals surface area contributed by atoms with Crippen LogP contribution < -0.4 is 21.7 Å². The Bertz CT molecular complexity index is 1010. The minimum Gasteiger partial charge on any atom is -0.508 e. The number of carbonyl (C=O) groups is 6. The largest absolute Gasteiger partial charge is 0.508 e. The van der Waals surface area contributed by atoms with E-state index in [9.17, 15) is 39.0 Å². The quantitative estimate of drug-likeness (QED) is 0.129. The van der Waals surface area contributed by atoms with E-state index in [1.807, 2.05) is 0 Å². The molecule has 210 valence electrons. The fourth-order valence-electron chi connectivity index (χ4n) is 3.37. The number of nitrogens with two attached hydrogens (primary N) is 1. The molecule has 1 aromatic carbocycles. The van der Waals surface area contributed by atoms with Crippen molar-refractivity contribution in [1.29, 1.82) is 0 Å². The number of nitrogens with one attached hydrogen (secondary N) is 3. The molecule has 0 radical (unpaired) electrons. The predicted octanol–water partition coefficient (Wildman–Crippen LogP) is -0.813. The zero-order valence-corrected chi connectivity index (χ0v) is 21.0. The lowest BCUT2D eigenvalue weighted by Crippen LogP contribution is -2.57. The standard InChI is InChI=1S/C24H34N4O10/c1-12(2)20(24(37)38)28-23(36)17(8-10-19(32)33)27-22(35)16(7-9-18(30)31)26-21(34)15(25)11-13-3-5-14(29)6-4-13/h3-6,12,15-17,20,29H,7-11,25H2,1-2H3,(H,26,34)(H,27,35)(H,28,36)(H,30,31)(H,32,33)(H,37,38). The van der Waals surface area contributed by atoms with E-state index in [1.165, 1.54) is 12.1 Å². The fraction of sp³-hybridized carbons (Fsp3) is 0.500. The van der Waals surface area contributed by atoms with E-state index < -0.39 is 85.0 Å². The van der Waals surface area contributed by atoms with Gasteiger partial charge in [0.15, 0.2) is 0 Å². The molecule has 1 aromatic rings. The molecule has 0 saturated carbocycles. The average molecular weight is 539 g/mol. The maximum absolute atomic E-state index is 13.0. The lowest BCUT2D eigenvalue weighted by molar-refractivity contribution is -0.144. The summed E-state index contributed by atoms with van der Waals surface area (Å²) in [6, 6.07) is 0.521. The molecule has 14 heteroatoms. The Hall–Kier alpha value is -4.20. The van der Waals surface area contributed by atoms with Crippen LogP contribution in [0.3, 0.4) is 0 Å². The predicted molar refractivity (Wildman–Crippen MR) is 132 cm³/mol. The van der Waals surface area contributed by atoms with Gasteiger partial charge in [0, 0.05) is 12.8 Å². The Kier molecular flexibility index (Phi) is 12.7. The maximum Gasteiger partial charge on any atom is 0.326 e. The SMILES string of the molecule is CC(C)C(NC(=O)C(CCC(=O)O)NC(=O)C(CCC(=O)O)NC(=O)C(N)Cc1ccc(O)cc1)C(=O)O. The normalized spacial score (nSPS) is 14.0. The fourth-order valence-corrected chi connectivity index (χ4v) is 3.37. The lowest BCUT2D eigenvalue weighted by Gasteiger charge is -2.25. The summed E-state index contributed by atoms with van der Waals surface area (Å²) in [6.45, 7) is 3.09. The number of rotatable bonds is 16. The van der Waals surface area contributed by atoms with Crippen molar-refractivity contribution in [2.24, 2.45) is 11.7 Å². The number of hydrogen-bond acceptors (Lipinski definition) is 8. The molecule has 9 N–H and O–H groups in total. The third-order valence-electron chi connectivity index (χ3n) is 5.52. The first-order valence-electron chi connectivity index (χ1n) is 11.8. The molecule has 4 unspecified atom stereocenters. The van der Waals surface area contributed by atoms with Crippen LogP contribution in [-0.2, 0) is 35.2 Å². The molecule has 0 aromatic heterocycles. The highest BCUT2D eigenvalue weighted by molar-refractivity contribution is 5.94. The van der Waals surface area contributed by atoms with Gasteiger partial charge in [-0.2, -0.15) is 0 Å². The van der Waals surface area contributed by atoms with E-state index in [0.717, 1.165) is 0 Å². The molecule has 0 heterocycles. The molecule has 0 spiro atoms. The van der Waals surface area contributed by atoms with Crippen LogP contribution in [0.5, 0.6) is 5.75 Å². The summed E-state index contributed by atoms with van der Waals surface area (Å²) < 4.78 is 0. The van der Waals surface area contributed by atoms with Gasteiger partial charge < -0.3 is 42.1 Å². The Morgan fingerprint density at radius 2 is 1.21 bits per heavy atom. The summed E-state index contributed by atoms with van der Waals surface area (Å²) in [6.07, 6.45) is -1.78. The second-order valence-corrected chi connectivity index (χ2v) is 9.03. The smallest absolute Gasteiger partial charge is 0.326 e. The highest BCUT2D eigenvalue weighted by Crippen LogP contribution is 2.11. The van der Waals surface area contributed by atoms with Crippen molar-refractivity contribution in [3.05, 3.63) is 29.8 Å². The number of carbonyl (C=O) groups excluding carboxylic acids is 3. The molecule has 0 saturated heterocycles. The van der Waals surface area contributed by atoms with Crippen LogP contribution in [0.4, 0.5) is 0 Å². The summed E-state index contributed by atoms with van der Waals surface area (Å²) in [5, 5.41) is 43.7. The van der Waals surface area contributed by atoms with Gasteiger partial charge >= 0.3 is 17.9 Å². The first-order valence-corrected chi connectivity index (χ1v) is 11.8. The van der Waals surface area contributed by atoms with Gasteiger partial charge in [-0.3, -0.25) is 24.0 Å². The van der Waals surface area contributed by atoms with E-state index >= 15 is 0 Å². The molecular weight excluding hydrogens is 504 g/mol. The second-order valence-electron chi connectivity index (χ2n) is 9.03.